The summed E-state index contributed by atoms with van der Waals surface area (Å²) < 4.78 is 30.2. The first-order valence-corrected chi connectivity index (χ1v) is 8.88. The Labute approximate surface area is 140 Å². The SMILES string of the molecule is O=S(=O)(Oc1ccc2c(c1CO)-c1ccccc1-2)c1ccccc1. The number of aliphatic hydroxyl groups excluding tert-OH is 1. The lowest BCUT2D eigenvalue weighted by Crippen LogP contribution is -2.13. The molecule has 24 heavy (non-hydrogen) atoms. The highest BCUT2D eigenvalue weighted by Gasteiger charge is 2.28. The average Bonchev–Trinajstić information content (AvgIpc) is 2.60. The van der Waals surface area contributed by atoms with Gasteiger partial charge in [-0.3, -0.25) is 0 Å². The minimum absolute atomic E-state index is 0.0805. The molecule has 4 nitrogen and oxygen atoms in total. The maximum Gasteiger partial charge on any atom is 0.339 e. The van der Waals surface area contributed by atoms with Crippen LogP contribution in [0.15, 0.2) is 71.6 Å². The lowest BCUT2D eigenvalue weighted by molar-refractivity contribution is 0.279. The summed E-state index contributed by atoms with van der Waals surface area (Å²) in [6, 6.07) is 19.2. The van der Waals surface area contributed by atoms with E-state index in [4.69, 9.17) is 4.18 Å². The molecule has 0 aliphatic heterocycles. The average molecular weight is 338 g/mol. The van der Waals surface area contributed by atoms with Gasteiger partial charge in [0.25, 0.3) is 0 Å². The molecule has 0 saturated heterocycles. The van der Waals surface area contributed by atoms with Gasteiger partial charge in [0.05, 0.1) is 6.61 Å². The van der Waals surface area contributed by atoms with Crippen molar-refractivity contribution in [1.29, 1.82) is 0 Å². The van der Waals surface area contributed by atoms with Crippen LogP contribution in [0.1, 0.15) is 5.56 Å². The van der Waals surface area contributed by atoms with E-state index in [2.05, 4.69) is 0 Å². The van der Waals surface area contributed by atoms with Gasteiger partial charge < -0.3 is 9.29 Å². The van der Waals surface area contributed by atoms with Gasteiger partial charge in [-0.15, -0.1) is 0 Å². The van der Waals surface area contributed by atoms with Crippen molar-refractivity contribution in [2.75, 3.05) is 0 Å². The van der Waals surface area contributed by atoms with E-state index in [1.165, 1.54) is 12.1 Å². The molecular weight excluding hydrogens is 324 g/mol. The van der Waals surface area contributed by atoms with Crippen LogP contribution in [0, 0.1) is 0 Å². The highest BCUT2D eigenvalue weighted by molar-refractivity contribution is 7.87. The van der Waals surface area contributed by atoms with Crippen molar-refractivity contribution in [1.82, 2.24) is 0 Å². The van der Waals surface area contributed by atoms with Crippen LogP contribution < -0.4 is 4.18 Å². The third kappa shape index (κ3) is 2.21. The standard InChI is InChI=1S/C19H14O4S/c20-12-17-18(23-24(21,22)13-6-2-1-3-7-13)11-10-16-14-8-4-5-9-15(14)19(16)17/h1-11,20H,12H2. The van der Waals surface area contributed by atoms with Gasteiger partial charge in [-0.2, -0.15) is 8.42 Å². The molecular formula is C19H14O4S. The van der Waals surface area contributed by atoms with E-state index in [-0.39, 0.29) is 17.3 Å². The van der Waals surface area contributed by atoms with Crippen LogP contribution >= 0.6 is 0 Å². The predicted molar refractivity (Wildman–Crippen MR) is 91.1 cm³/mol. The fraction of sp³-hybridized carbons (Fsp3) is 0.0526. The summed E-state index contributed by atoms with van der Waals surface area (Å²) in [5, 5.41) is 9.78. The zero-order chi connectivity index (χ0) is 16.7. The first-order chi connectivity index (χ1) is 11.6. The van der Waals surface area contributed by atoms with Gasteiger partial charge in [-0.25, -0.2) is 0 Å². The van der Waals surface area contributed by atoms with Crippen molar-refractivity contribution in [3.8, 4) is 28.0 Å². The first-order valence-electron chi connectivity index (χ1n) is 7.48. The number of rotatable bonds is 4. The highest BCUT2D eigenvalue weighted by Crippen LogP contribution is 2.51. The Balaban J connectivity index is 1.78. The normalized spacial score (nSPS) is 12.0. The molecule has 0 spiro atoms. The van der Waals surface area contributed by atoms with Crippen molar-refractivity contribution in [2.24, 2.45) is 0 Å². The molecule has 0 heterocycles. The molecule has 0 atom stereocenters. The van der Waals surface area contributed by atoms with Gasteiger partial charge in [0.1, 0.15) is 10.6 Å². The van der Waals surface area contributed by atoms with Gasteiger partial charge in [0, 0.05) is 5.56 Å². The molecule has 0 radical (unpaired) electrons. The van der Waals surface area contributed by atoms with Crippen molar-refractivity contribution in [3.05, 3.63) is 72.3 Å². The molecule has 1 aliphatic carbocycles. The second kappa shape index (κ2) is 5.47. The van der Waals surface area contributed by atoms with Crippen molar-refractivity contribution >= 4 is 10.1 Å². The molecule has 1 N–H and O–H groups in total. The van der Waals surface area contributed by atoms with E-state index in [9.17, 15) is 13.5 Å². The van der Waals surface area contributed by atoms with E-state index in [1.54, 1.807) is 24.3 Å². The van der Waals surface area contributed by atoms with Crippen LogP contribution in [0.5, 0.6) is 5.75 Å². The van der Waals surface area contributed by atoms with Gasteiger partial charge in [-0.1, -0.05) is 42.5 Å². The molecule has 3 aromatic rings. The fourth-order valence-electron chi connectivity index (χ4n) is 3.02. The summed E-state index contributed by atoms with van der Waals surface area (Å²) in [6.45, 7) is -0.294. The maximum atomic E-state index is 12.4. The van der Waals surface area contributed by atoms with E-state index < -0.39 is 10.1 Å². The van der Waals surface area contributed by atoms with Crippen LogP contribution in [-0.2, 0) is 16.7 Å². The number of hydrogen-bond acceptors (Lipinski definition) is 4. The Morgan fingerprint density at radius 1 is 0.792 bits per heavy atom. The summed E-state index contributed by atoms with van der Waals surface area (Å²) in [5.41, 5.74) is 4.44. The smallest absolute Gasteiger partial charge is 0.339 e. The number of hydrogen-bond donors (Lipinski definition) is 1. The molecule has 0 unspecified atom stereocenters. The Morgan fingerprint density at radius 2 is 1.46 bits per heavy atom. The molecule has 120 valence electrons. The largest absolute Gasteiger partial charge is 0.392 e. The molecule has 0 amide bonds. The number of benzene rings is 3. The molecule has 0 saturated carbocycles. The third-order valence-corrected chi connectivity index (χ3v) is 5.39. The van der Waals surface area contributed by atoms with Gasteiger partial charge in [-0.05, 0) is 46.5 Å². The Bertz CT molecular complexity index is 1020. The molecule has 0 bridgehead atoms. The van der Waals surface area contributed by atoms with Gasteiger partial charge in [0.15, 0.2) is 0 Å². The number of fused-ring (bicyclic) bond motifs is 4. The fourth-order valence-corrected chi connectivity index (χ4v) is 4.00. The van der Waals surface area contributed by atoms with Crippen molar-refractivity contribution in [2.45, 2.75) is 11.5 Å². The summed E-state index contributed by atoms with van der Waals surface area (Å²) in [4.78, 5) is 0.0805. The molecule has 5 heteroatoms. The van der Waals surface area contributed by atoms with Crippen LogP contribution in [0.25, 0.3) is 22.3 Å². The van der Waals surface area contributed by atoms with Crippen LogP contribution in [0.2, 0.25) is 0 Å². The second-order valence-corrected chi connectivity index (χ2v) is 7.07. The van der Waals surface area contributed by atoms with Crippen LogP contribution in [0.3, 0.4) is 0 Å². The van der Waals surface area contributed by atoms with Gasteiger partial charge in [0.2, 0.25) is 0 Å². The zero-order valence-corrected chi connectivity index (χ0v) is 13.5. The Hall–Kier alpha value is -2.63. The van der Waals surface area contributed by atoms with E-state index in [0.717, 1.165) is 22.3 Å². The highest BCUT2D eigenvalue weighted by atomic mass is 32.2. The zero-order valence-electron chi connectivity index (χ0n) is 12.6. The van der Waals surface area contributed by atoms with Crippen molar-refractivity contribution < 1.29 is 17.7 Å². The summed E-state index contributed by atoms with van der Waals surface area (Å²) in [5.74, 6) is 0.162. The maximum absolute atomic E-state index is 12.4. The van der Waals surface area contributed by atoms with Gasteiger partial charge >= 0.3 is 10.1 Å². The quantitative estimate of drug-likeness (QED) is 0.578. The lowest BCUT2D eigenvalue weighted by Gasteiger charge is -2.27. The molecule has 0 fully saturated rings. The van der Waals surface area contributed by atoms with E-state index in [1.807, 2.05) is 30.3 Å². The summed E-state index contributed by atoms with van der Waals surface area (Å²) in [7, 11) is -3.94. The Morgan fingerprint density at radius 3 is 2.17 bits per heavy atom. The first kappa shape index (κ1) is 14.9. The third-order valence-electron chi connectivity index (χ3n) is 4.15. The minimum atomic E-state index is -3.94. The Kier molecular flexibility index (Phi) is 3.40. The molecule has 1 aliphatic rings. The van der Waals surface area contributed by atoms with Crippen molar-refractivity contribution in [3.63, 3.8) is 0 Å². The van der Waals surface area contributed by atoms with E-state index >= 15 is 0 Å². The summed E-state index contributed by atoms with van der Waals surface area (Å²) in [6.07, 6.45) is 0. The monoisotopic (exact) mass is 338 g/mol. The number of aliphatic hydroxyl groups is 1. The lowest BCUT2D eigenvalue weighted by atomic mass is 9.78. The minimum Gasteiger partial charge on any atom is -0.392 e. The topological polar surface area (TPSA) is 63.6 Å². The van der Waals surface area contributed by atoms with Crippen LogP contribution in [0.4, 0.5) is 0 Å². The second-order valence-electron chi connectivity index (χ2n) is 5.52. The molecule has 3 aromatic carbocycles. The predicted octanol–water partition coefficient (Wildman–Crippen LogP) is 3.59. The van der Waals surface area contributed by atoms with E-state index in [0.29, 0.717) is 5.56 Å². The molecule has 0 aromatic heterocycles. The molecule has 4 rings (SSSR count). The summed E-state index contributed by atoms with van der Waals surface area (Å²) >= 11 is 0. The van der Waals surface area contributed by atoms with Crippen LogP contribution in [-0.4, -0.2) is 13.5 Å².